The third kappa shape index (κ3) is 3.22. The number of halogens is 1. The van der Waals surface area contributed by atoms with Crippen LogP contribution >= 0.6 is 0 Å². The van der Waals surface area contributed by atoms with Crippen molar-refractivity contribution in [2.45, 2.75) is 51.9 Å². The van der Waals surface area contributed by atoms with Gasteiger partial charge in [-0.25, -0.2) is 4.39 Å². The Morgan fingerprint density at radius 1 is 1.14 bits per heavy atom. The van der Waals surface area contributed by atoms with Crippen LogP contribution in [0.25, 0.3) is 0 Å². The molecule has 2 rings (SSSR count). The number of anilines is 1. The first-order valence-corrected chi connectivity index (χ1v) is 7.63. The summed E-state index contributed by atoms with van der Waals surface area (Å²) < 4.78 is 19.2. The highest BCUT2D eigenvalue weighted by atomic mass is 19.1. The van der Waals surface area contributed by atoms with Gasteiger partial charge in [0.2, 0.25) is 0 Å². The third-order valence-electron chi connectivity index (χ3n) is 4.65. The van der Waals surface area contributed by atoms with E-state index in [1.807, 2.05) is 26.0 Å². The van der Waals surface area contributed by atoms with E-state index >= 15 is 0 Å². The van der Waals surface area contributed by atoms with Crippen LogP contribution in [0.1, 0.15) is 34.6 Å². The lowest BCUT2D eigenvalue weighted by Crippen LogP contribution is -2.48. The minimum atomic E-state index is -0.323. The average Bonchev–Trinajstić information content (AvgIpc) is 2.54. The maximum atomic E-state index is 13.1. The SMILES string of the molecule is CCN(CC1C(N)C(C)(C)OC1(C)C)c1ccc(F)cc1. The molecule has 2 N–H and O–H groups in total. The Labute approximate surface area is 127 Å². The molecule has 21 heavy (non-hydrogen) atoms. The van der Waals surface area contributed by atoms with E-state index in [9.17, 15) is 4.39 Å². The van der Waals surface area contributed by atoms with Crippen LogP contribution in [0.15, 0.2) is 24.3 Å². The van der Waals surface area contributed by atoms with Gasteiger partial charge in [0, 0.05) is 30.7 Å². The Morgan fingerprint density at radius 3 is 2.14 bits per heavy atom. The lowest BCUT2D eigenvalue weighted by atomic mass is 9.82. The van der Waals surface area contributed by atoms with Gasteiger partial charge in [0.25, 0.3) is 0 Å². The van der Waals surface area contributed by atoms with Gasteiger partial charge in [0.1, 0.15) is 5.82 Å². The highest BCUT2D eigenvalue weighted by Gasteiger charge is 2.52. The molecule has 0 radical (unpaired) electrons. The van der Waals surface area contributed by atoms with Crippen molar-refractivity contribution < 1.29 is 9.13 Å². The topological polar surface area (TPSA) is 38.5 Å². The molecule has 4 heteroatoms. The lowest BCUT2D eigenvalue weighted by molar-refractivity contribution is -0.0757. The summed E-state index contributed by atoms with van der Waals surface area (Å²) in [5, 5.41) is 0. The van der Waals surface area contributed by atoms with Crippen LogP contribution in [0.4, 0.5) is 10.1 Å². The maximum Gasteiger partial charge on any atom is 0.123 e. The summed E-state index contributed by atoms with van der Waals surface area (Å²) in [6.45, 7) is 12.1. The van der Waals surface area contributed by atoms with E-state index in [-0.39, 0.29) is 29.0 Å². The molecule has 118 valence electrons. The van der Waals surface area contributed by atoms with Gasteiger partial charge >= 0.3 is 0 Å². The average molecular weight is 294 g/mol. The van der Waals surface area contributed by atoms with E-state index < -0.39 is 0 Å². The zero-order valence-electron chi connectivity index (χ0n) is 13.7. The molecule has 1 aromatic rings. The number of rotatable bonds is 4. The quantitative estimate of drug-likeness (QED) is 0.927. The summed E-state index contributed by atoms with van der Waals surface area (Å²) in [6.07, 6.45) is 0. The fourth-order valence-electron chi connectivity index (χ4n) is 3.38. The molecule has 0 saturated carbocycles. The minimum Gasteiger partial charge on any atom is -0.371 e. The molecule has 0 amide bonds. The van der Waals surface area contributed by atoms with Gasteiger partial charge in [-0.1, -0.05) is 0 Å². The third-order valence-corrected chi connectivity index (χ3v) is 4.65. The maximum absolute atomic E-state index is 13.1. The second kappa shape index (κ2) is 5.58. The molecule has 0 aromatic heterocycles. The molecular weight excluding hydrogens is 267 g/mol. The van der Waals surface area contributed by atoms with E-state index in [1.54, 1.807) is 0 Å². The van der Waals surface area contributed by atoms with Gasteiger partial charge < -0.3 is 15.4 Å². The summed E-state index contributed by atoms with van der Waals surface area (Å²) in [6, 6.07) is 6.61. The molecule has 1 aromatic carbocycles. The van der Waals surface area contributed by atoms with Gasteiger partial charge in [-0.3, -0.25) is 0 Å². The fourth-order valence-corrected chi connectivity index (χ4v) is 3.38. The van der Waals surface area contributed by atoms with E-state index in [1.165, 1.54) is 12.1 Å². The van der Waals surface area contributed by atoms with Crippen LogP contribution in [0.2, 0.25) is 0 Å². The molecule has 1 heterocycles. The Balaban J connectivity index is 2.20. The lowest BCUT2D eigenvalue weighted by Gasteiger charge is -2.34. The van der Waals surface area contributed by atoms with Crippen molar-refractivity contribution in [2.75, 3.05) is 18.0 Å². The standard InChI is InChI=1S/C17H27FN2O/c1-6-20(13-9-7-12(18)8-10-13)11-14-15(19)17(4,5)21-16(14,2)3/h7-10,14-15H,6,11,19H2,1-5H3. The Bertz CT molecular complexity index is 484. The zero-order valence-corrected chi connectivity index (χ0v) is 13.7. The van der Waals surface area contributed by atoms with Crippen molar-refractivity contribution in [3.05, 3.63) is 30.1 Å². The molecule has 1 saturated heterocycles. The Morgan fingerprint density at radius 2 is 1.71 bits per heavy atom. The van der Waals surface area contributed by atoms with Crippen molar-refractivity contribution >= 4 is 5.69 Å². The minimum absolute atomic E-state index is 0.0259. The van der Waals surface area contributed by atoms with Gasteiger partial charge in [-0.05, 0) is 58.9 Å². The fraction of sp³-hybridized carbons (Fsp3) is 0.647. The number of hydrogen-bond acceptors (Lipinski definition) is 3. The van der Waals surface area contributed by atoms with Crippen LogP contribution < -0.4 is 10.6 Å². The Kier molecular flexibility index (Phi) is 4.31. The number of hydrogen-bond donors (Lipinski definition) is 1. The number of nitrogens with zero attached hydrogens (tertiary/aromatic N) is 1. The first kappa shape index (κ1) is 16.2. The summed E-state index contributed by atoms with van der Waals surface area (Å²) in [5.74, 6) is 0.00895. The molecule has 2 unspecified atom stereocenters. The van der Waals surface area contributed by atoms with Gasteiger partial charge in [0.05, 0.1) is 11.2 Å². The van der Waals surface area contributed by atoms with E-state index in [0.29, 0.717) is 0 Å². The highest BCUT2D eigenvalue weighted by molar-refractivity contribution is 5.46. The highest BCUT2D eigenvalue weighted by Crippen LogP contribution is 2.41. The van der Waals surface area contributed by atoms with Crippen molar-refractivity contribution in [1.82, 2.24) is 0 Å². The van der Waals surface area contributed by atoms with Crippen LogP contribution in [-0.2, 0) is 4.74 Å². The molecule has 0 aliphatic carbocycles. The van der Waals surface area contributed by atoms with Gasteiger partial charge in [-0.2, -0.15) is 0 Å². The van der Waals surface area contributed by atoms with Crippen LogP contribution in [0, 0.1) is 11.7 Å². The van der Waals surface area contributed by atoms with Crippen molar-refractivity contribution in [2.24, 2.45) is 11.7 Å². The predicted octanol–water partition coefficient (Wildman–Crippen LogP) is 3.18. The Hall–Kier alpha value is -1.13. The number of nitrogens with two attached hydrogens (primary N) is 1. The molecule has 1 fully saturated rings. The molecule has 3 nitrogen and oxygen atoms in total. The molecule has 1 aliphatic rings. The van der Waals surface area contributed by atoms with E-state index in [0.717, 1.165) is 18.8 Å². The molecule has 2 atom stereocenters. The smallest absolute Gasteiger partial charge is 0.123 e. The second-order valence-electron chi connectivity index (χ2n) is 6.96. The predicted molar refractivity (Wildman–Crippen MR) is 85.0 cm³/mol. The summed E-state index contributed by atoms with van der Waals surface area (Å²) >= 11 is 0. The molecule has 0 bridgehead atoms. The molecular formula is C17H27FN2O. The van der Waals surface area contributed by atoms with Crippen molar-refractivity contribution in [3.8, 4) is 0 Å². The van der Waals surface area contributed by atoms with E-state index in [4.69, 9.17) is 10.5 Å². The zero-order chi connectivity index (χ0) is 15.8. The molecule has 1 aliphatic heterocycles. The molecule has 0 spiro atoms. The first-order chi connectivity index (χ1) is 9.67. The van der Waals surface area contributed by atoms with Gasteiger partial charge in [-0.15, -0.1) is 0 Å². The summed E-state index contributed by atoms with van der Waals surface area (Å²) in [4.78, 5) is 2.23. The first-order valence-electron chi connectivity index (χ1n) is 7.63. The van der Waals surface area contributed by atoms with Crippen molar-refractivity contribution in [1.29, 1.82) is 0 Å². The second-order valence-corrected chi connectivity index (χ2v) is 6.96. The summed E-state index contributed by atoms with van der Waals surface area (Å²) in [5.41, 5.74) is 6.86. The van der Waals surface area contributed by atoms with Crippen LogP contribution in [0.3, 0.4) is 0 Å². The number of benzene rings is 1. The summed E-state index contributed by atoms with van der Waals surface area (Å²) in [7, 11) is 0. The number of ether oxygens (including phenoxy) is 1. The monoisotopic (exact) mass is 294 g/mol. The largest absolute Gasteiger partial charge is 0.371 e. The van der Waals surface area contributed by atoms with Gasteiger partial charge in [0.15, 0.2) is 0 Å². The van der Waals surface area contributed by atoms with E-state index in [2.05, 4.69) is 25.7 Å². The van der Waals surface area contributed by atoms with Crippen LogP contribution in [-0.4, -0.2) is 30.3 Å². The van der Waals surface area contributed by atoms with Crippen LogP contribution in [0.5, 0.6) is 0 Å². The van der Waals surface area contributed by atoms with Crippen molar-refractivity contribution in [3.63, 3.8) is 0 Å². The normalized spacial score (nSPS) is 26.8.